The van der Waals surface area contributed by atoms with Gasteiger partial charge < -0.3 is 9.64 Å². The van der Waals surface area contributed by atoms with Crippen LogP contribution >= 0.6 is 0 Å². The van der Waals surface area contributed by atoms with E-state index in [4.69, 9.17) is 4.74 Å². The maximum Gasteiger partial charge on any atom is 0.155 e. The van der Waals surface area contributed by atoms with Gasteiger partial charge in [-0.05, 0) is 13.3 Å². The van der Waals surface area contributed by atoms with Gasteiger partial charge in [-0.1, -0.05) is 0 Å². The highest BCUT2D eigenvalue weighted by molar-refractivity contribution is 5.84. The molecular weight excluding hydrogens is 206 g/mol. The van der Waals surface area contributed by atoms with Crippen LogP contribution in [0.4, 0.5) is 5.82 Å². The third-order valence-electron chi connectivity index (χ3n) is 3.14. The van der Waals surface area contributed by atoms with Gasteiger partial charge in [0.2, 0.25) is 0 Å². The van der Waals surface area contributed by atoms with Gasteiger partial charge in [0, 0.05) is 20.7 Å². The standard InChI is InChI=1S/C11H17N3O2/c1-8-10(6-15)11(14(3)12-8)13(2)9-4-5-16-7-9/h6,9H,4-5,7H2,1-3H3. The number of carbonyl (C=O) groups excluding carboxylic acids is 1. The van der Waals surface area contributed by atoms with Gasteiger partial charge in [0.25, 0.3) is 0 Å². The number of aromatic nitrogens is 2. The number of rotatable bonds is 3. The van der Waals surface area contributed by atoms with E-state index >= 15 is 0 Å². The zero-order chi connectivity index (χ0) is 11.7. The molecule has 0 spiro atoms. The summed E-state index contributed by atoms with van der Waals surface area (Å²) < 4.78 is 7.12. The molecule has 16 heavy (non-hydrogen) atoms. The number of carbonyl (C=O) groups is 1. The molecule has 1 aliphatic rings. The van der Waals surface area contributed by atoms with Crippen LogP contribution in [0.2, 0.25) is 0 Å². The van der Waals surface area contributed by atoms with Crippen LogP contribution in [0.25, 0.3) is 0 Å². The van der Waals surface area contributed by atoms with E-state index in [-0.39, 0.29) is 0 Å². The molecule has 1 aliphatic heterocycles. The van der Waals surface area contributed by atoms with Crippen LogP contribution in [0.5, 0.6) is 0 Å². The zero-order valence-corrected chi connectivity index (χ0v) is 9.93. The summed E-state index contributed by atoms with van der Waals surface area (Å²) in [5.74, 6) is 0.878. The lowest BCUT2D eigenvalue weighted by molar-refractivity contribution is 0.112. The van der Waals surface area contributed by atoms with Crippen molar-refractivity contribution in [3.8, 4) is 0 Å². The normalized spacial score (nSPS) is 20.1. The second kappa shape index (κ2) is 4.25. The first-order valence-corrected chi connectivity index (χ1v) is 5.44. The van der Waals surface area contributed by atoms with E-state index in [2.05, 4.69) is 10.00 Å². The Balaban J connectivity index is 2.34. The lowest BCUT2D eigenvalue weighted by Gasteiger charge is -2.25. The summed E-state index contributed by atoms with van der Waals surface area (Å²) in [6.07, 6.45) is 1.88. The Morgan fingerprint density at radius 3 is 2.94 bits per heavy atom. The Morgan fingerprint density at radius 2 is 2.38 bits per heavy atom. The molecule has 5 heteroatoms. The highest BCUT2D eigenvalue weighted by atomic mass is 16.5. The smallest absolute Gasteiger partial charge is 0.155 e. The fourth-order valence-electron chi connectivity index (χ4n) is 2.22. The van der Waals surface area contributed by atoms with Crippen molar-refractivity contribution in [2.24, 2.45) is 7.05 Å². The first-order chi connectivity index (χ1) is 7.65. The highest BCUT2D eigenvalue weighted by Crippen LogP contribution is 2.24. The molecule has 88 valence electrons. The second-order valence-electron chi connectivity index (χ2n) is 4.19. The lowest BCUT2D eigenvalue weighted by Crippen LogP contribution is -2.33. The molecule has 2 heterocycles. The SMILES string of the molecule is Cc1nn(C)c(N(C)C2CCOC2)c1C=O. The van der Waals surface area contributed by atoms with E-state index in [9.17, 15) is 4.79 Å². The predicted octanol–water partition coefficient (Wildman–Crippen LogP) is 0.766. The zero-order valence-electron chi connectivity index (χ0n) is 9.93. The minimum absolute atomic E-state index is 0.341. The Kier molecular flexibility index (Phi) is 2.96. The van der Waals surface area contributed by atoms with Crippen LogP contribution in [-0.2, 0) is 11.8 Å². The molecule has 0 amide bonds. The molecule has 0 aromatic carbocycles. The minimum atomic E-state index is 0.341. The number of nitrogens with zero attached hydrogens (tertiary/aromatic N) is 3. The van der Waals surface area contributed by atoms with Gasteiger partial charge in [-0.25, -0.2) is 0 Å². The number of likely N-dealkylation sites (N-methyl/N-ethyl adjacent to an activating group) is 1. The molecule has 0 aliphatic carbocycles. The van der Waals surface area contributed by atoms with Gasteiger partial charge in [-0.15, -0.1) is 0 Å². The monoisotopic (exact) mass is 223 g/mol. The topological polar surface area (TPSA) is 47.4 Å². The summed E-state index contributed by atoms with van der Waals surface area (Å²) in [4.78, 5) is 13.2. The maximum absolute atomic E-state index is 11.1. The van der Waals surface area contributed by atoms with E-state index in [0.717, 1.165) is 37.4 Å². The highest BCUT2D eigenvalue weighted by Gasteiger charge is 2.25. The summed E-state index contributed by atoms with van der Waals surface area (Å²) in [6.45, 7) is 3.37. The molecule has 1 unspecified atom stereocenters. The summed E-state index contributed by atoms with van der Waals surface area (Å²) in [5.41, 5.74) is 1.45. The van der Waals surface area contributed by atoms with Gasteiger partial charge in [-0.2, -0.15) is 5.10 Å². The molecule has 0 bridgehead atoms. The minimum Gasteiger partial charge on any atom is -0.379 e. The molecule has 5 nitrogen and oxygen atoms in total. The van der Waals surface area contributed by atoms with Crippen LogP contribution in [0.1, 0.15) is 22.5 Å². The fourth-order valence-corrected chi connectivity index (χ4v) is 2.22. The van der Waals surface area contributed by atoms with Crippen LogP contribution < -0.4 is 4.90 Å². The van der Waals surface area contributed by atoms with Crippen molar-refractivity contribution < 1.29 is 9.53 Å². The van der Waals surface area contributed by atoms with Crippen molar-refractivity contribution >= 4 is 12.1 Å². The van der Waals surface area contributed by atoms with Crippen molar-refractivity contribution in [3.05, 3.63) is 11.3 Å². The van der Waals surface area contributed by atoms with Crippen molar-refractivity contribution in [2.75, 3.05) is 25.2 Å². The van der Waals surface area contributed by atoms with Crippen molar-refractivity contribution in [1.29, 1.82) is 0 Å². The number of ether oxygens (including phenoxy) is 1. The van der Waals surface area contributed by atoms with Gasteiger partial charge >= 0.3 is 0 Å². The Hall–Kier alpha value is -1.36. The van der Waals surface area contributed by atoms with E-state index in [0.29, 0.717) is 11.6 Å². The summed E-state index contributed by atoms with van der Waals surface area (Å²) in [6, 6.07) is 0.341. The second-order valence-corrected chi connectivity index (χ2v) is 4.19. The molecule has 1 fully saturated rings. The predicted molar refractivity (Wildman–Crippen MR) is 61.0 cm³/mol. The van der Waals surface area contributed by atoms with Gasteiger partial charge in [0.05, 0.1) is 23.9 Å². The first kappa shape index (κ1) is 11.1. The largest absolute Gasteiger partial charge is 0.379 e. The van der Waals surface area contributed by atoms with Gasteiger partial charge in [0.1, 0.15) is 5.82 Å². The molecule has 1 atom stereocenters. The molecular formula is C11H17N3O2. The maximum atomic E-state index is 11.1. The van der Waals surface area contributed by atoms with Crippen LogP contribution in [-0.4, -0.2) is 42.4 Å². The van der Waals surface area contributed by atoms with Crippen LogP contribution in [0.15, 0.2) is 0 Å². The first-order valence-electron chi connectivity index (χ1n) is 5.44. The van der Waals surface area contributed by atoms with E-state index in [1.54, 1.807) is 4.68 Å². The average Bonchev–Trinajstić information content (AvgIpc) is 2.84. The van der Waals surface area contributed by atoms with E-state index in [1.165, 1.54) is 0 Å². The molecule has 2 rings (SSSR count). The number of anilines is 1. The number of hydrogen-bond donors (Lipinski definition) is 0. The molecule has 1 aromatic heterocycles. The van der Waals surface area contributed by atoms with E-state index in [1.807, 2.05) is 21.0 Å². The lowest BCUT2D eigenvalue weighted by atomic mass is 10.2. The average molecular weight is 223 g/mol. The van der Waals surface area contributed by atoms with Gasteiger partial charge in [0.15, 0.2) is 6.29 Å². The third-order valence-corrected chi connectivity index (χ3v) is 3.14. The third kappa shape index (κ3) is 1.71. The molecule has 0 N–H and O–H groups in total. The van der Waals surface area contributed by atoms with Crippen LogP contribution in [0.3, 0.4) is 0 Å². The van der Waals surface area contributed by atoms with E-state index < -0.39 is 0 Å². The molecule has 1 saturated heterocycles. The molecule has 1 aromatic rings. The Morgan fingerprint density at radius 1 is 1.62 bits per heavy atom. The summed E-state index contributed by atoms with van der Waals surface area (Å²) >= 11 is 0. The Labute approximate surface area is 95.0 Å². The van der Waals surface area contributed by atoms with Crippen molar-refractivity contribution in [1.82, 2.24) is 9.78 Å². The van der Waals surface area contributed by atoms with Crippen molar-refractivity contribution in [3.63, 3.8) is 0 Å². The number of hydrogen-bond acceptors (Lipinski definition) is 4. The van der Waals surface area contributed by atoms with Crippen LogP contribution in [0, 0.1) is 6.92 Å². The quantitative estimate of drug-likeness (QED) is 0.710. The van der Waals surface area contributed by atoms with Crippen molar-refractivity contribution in [2.45, 2.75) is 19.4 Å². The molecule has 0 radical (unpaired) electrons. The van der Waals surface area contributed by atoms with Gasteiger partial charge in [-0.3, -0.25) is 9.48 Å². The fraction of sp³-hybridized carbons (Fsp3) is 0.636. The summed E-state index contributed by atoms with van der Waals surface area (Å²) in [7, 11) is 3.85. The molecule has 0 saturated carbocycles. The summed E-state index contributed by atoms with van der Waals surface area (Å²) in [5, 5.41) is 4.28. The Bertz CT molecular complexity index is 394. The number of aldehydes is 1. The number of aryl methyl sites for hydroxylation is 2.